The Kier molecular flexibility index (Phi) is 5.14. The molecule has 31 heavy (non-hydrogen) atoms. The maximum absolute atomic E-state index is 13.3. The van der Waals surface area contributed by atoms with E-state index >= 15 is 0 Å². The number of likely N-dealkylation sites (N-methyl/N-ethyl adjacent to an activating group) is 1. The minimum atomic E-state index is -4.53. The monoisotopic (exact) mass is 448 g/mol. The molecule has 3 aliphatic rings. The number of fused-ring (bicyclic) bond motifs is 3. The molecule has 6 nitrogen and oxygen atoms in total. The molecule has 1 N–H and O–H groups in total. The summed E-state index contributed by atoms with van der Waals surface area (Å²) in [6.45, 7) is -4.39. The Morgan fingerprint density at radius 3 is 2.45 bits per heavy atom. The highest BCUT2D eigenvalue weighted by Crippen LogP contribution is 2.60. The summed E-state index contributed by atoms with van der Waals surface area (Å²) in [6, 6.07) is 3.74. The molecular weight excluding hydrogens is 427 g/mol. The van der Waals surface area contributed by atoms with E-state index in [1.165, 1.54) is 19.2 Å². The average molecular weight is 448 g/mol. The molecule has 170 valence electrons. The van der Waals surface area contributed by atoms with E-state index in [1.54, 1.807) is 6.07 Å². The molecule has 0 bridgehead atoms. The molecule has 1 aromatic carbocycles. The summed E-state index contributed by atoms with van der Waals surface area (Å²) >= 11 is 0. The second kappa shape index (κ2) is 7.32. The van der Waals surface area contributed by atoms with Crippen molar-refractivity contribution in [1.82, 2.24) is 10.2 Å². The minimum absolute atomic E-state index is 0.0705. The van der Waals surface area contributed by atoms with Crippen molar-refractivity contribution in [2.75, 3.05) is 13.7 Å². The zero-order chi connectivity index (χ0) is 22.6. The minimum Gasteiger partial charge on any atom is -0.484 e. The van der Waals surface area contributed by atoms with Gasteiger partial charge in [-0.25, -0.2) is 4.79 Å². The largest absolute Gasteiger partial charge is 0.484 e. The number of carbonyl (C=O) groups excluding carboxylic acids is 2. The fourth-order valence-electron chi connectivity index (χ4n) is 5.26. The summed E-state index contributed by atoms with van der Waals surface area (Å²) < 4.78 is 72.5. The van der Waals surface area contributed by atoms with E-state index in [0.717, 1.165) is 4.90 Å². The Hall–Kier alpha value is -2.43. The lowest BCUT2D eigenvalue weighted by Gasteiger charge is -2.46. The predicted molar refractivity (Wildman–Crippen MR) is 96.5 cm³/mol. The number of carbonyl (C=O) groups is 2. The standard InChI is InChI=1S/C20H21F5N2O4/c1-27-15(28)20(26-17(27)29)14-8-13(30-10-19(23,24)25)3-2-11(14)9-18(20)6-4-12(5-7-18)31-16(21)22/h2-3,8,12,16H,4-7,9-10H2,1H3,(H,26,29). The number of amides is 3. The average Bonchev–Trinajstić information content (AvgIpc) is 3.08. The maximum atomic E-state index is 13.3. The quantitative estimate of drug-likeness (QED) is 0.563. The zero-order valence-corrected chi connectivity index (χ0v) is 16.6. The Labute approximate surface area is 174 Å². The van der Waals surface area contributed by atoms with Gasteiger partial charge in [-0.1, -0.05) is 6.07 Å². The molecule has 0 aromatic heterocycles. The van der Waals surface area contributed by atoms with Crippen molar-refractivity contribution < 1.29 is 41.0 Å². The van der Waals surface area contributed by atoms with Crippen LogP contribution in [0.4, 0.5) is 26.7 Å². The second-order valence-corrected chi connectivity index (χ2v) is 8.32. The third kappa shape index (κ3) is 3.52. The van der Waals surface area contributed by atoms with E-state index in [4.69, 9.17) is 4.74 Å². The Morgan fingerprint density at radius 2 is 1.90 bits per heavy atom. The van der Waals surface area contributed by atoms with Crippen molar-refractivity contribution in [1.29, 1.82) is 0 Å². The lowest BCUT2D eigenvalue weighted by molar-refractivity contribution is -0.179. The van der Waals surface area contributed by atoms with Gasteiger partial charge in [-0.05, 0) is 55.4 Å². The van der Waals surface area contributed by atoms with Crippen molar-refractivity contribution in [3.63, 3.8) is 0 Å². The van der Waals surface area contributed by atoms with Gasteiger partial charge in [-0.15, -0.1) is 0 Å². The number of nitrogens with zero attached hydrogens (tertiary/aromatic N) is 1. The van der Waals surface area contributed by atoms with Crippen molar-refractivity contribution in [3.8, 4) is 5.75 Å². The molecule has 2 aliphatic carbocycles. The van der Waals surface area contributed by atoms with Crippen LogP contribution >= 0.6 is 0 Å². The van der Waals surface area contributed by atoms with E-state index in [-0.39, 0.29) is 18.6 Å². The molecule has 11 heteroatoms. The first-order valence-corrected chi connectivity index (χ1v) is 9.84. The van der Waals surface area contributed by atoms with E-state index in [0.29, 0.717) is 30.4 Å². The molecule has 1 aromatic rings. The maximum Gasteiger partial charge on any atom is 0.422 e. The number of imide groups is 1. The molecule has 4 rings (SSSR count). The Morgan fingerprint density at radius 1 is 1.23 bits per heavy atom. The lowest BCUT2D eigenvalue weighted by atomic mass is 9.61. The summed E-state index contributed by atoms with van der Waals surface area (Å²) in [6.07, 6.45) is -3.62. The molecule has 1 atom stereocenters. The summed E-state index contributed by atoms with van der Waals surface area (Å²) in [5.74, 6) is -0.587. The van der Waals surface area contributed by atoms with Crippen molar-refractivity contribution in [3.05, 3.63) is 29.3 Å². The summed E-state index contributed by atoms with van der Waals surface area (Å²) in [4.78, 5) is 26.7. The lowest BCUT2D eigenvalue weighted by Crippen LogP contribution is -2.56. The number of halogens is 5. The highest BCUT2D eigenvalue weighted by molar-refractivity contribution is 6.08. The number of nitrogens with one attached hydrogen (secondary N) is 1. The first kappa shape index (κ1) is 21.8. The molecular formula is C20H21F5N2O4. The highest BCUT2D eigenvalue weighted by atomic mass is 19.4. The molecule has 1 aliphatic heterocycles. The van der Waals surface area contributed by atoms with Crippen LogP contribution in [0.15, 0.2) is 18.2 Å². The number of ether oxygens (including phenoxy) is 2. The van der Waals surface area contributed by atoms with Gasteiger partial charge in [0.1, 0.15) is 5.75 Å². The van der Waals surface area contributed by atoms with Crippen LogP contribution in [0, 0.1) is 5.41 Å². The van der Waals surface area contributed by atoms with E-state index in [1.807, 2.05) is 0 Å². The first-order chi connectivity index (χ1) is 14.5. The predicted octanol–water partition coefficient (Wildman–Crippen LogP) is 3.73. The van der Waals surface area contributed by atoms with Crippen LogP contribution in [0.25, 0.3) is 0 Å². The van der Waals surface area contributed by atoms with Gasteiger partial charge in [0.2, 0.25) is 0 Å². The van der Waals surface area contributed by atoms with Crippen molar-refractivity contribution in [2.24, 2.45) is 5.41 Å². The Bertz CT molecular complexity index is 898. The van der Waals surface area contributed by atoms with Gasteiger partial charge in [0.05, 0.1) is 6.10 Å². The SMILES string of the molecule is CN1C(=O)NC2(C1=O)c1cc(OCC(F)(F)F)ccc1CC21CCC(OC(F)F)CC1. The number of hydrogen-bond acceptors (Lipinski definition) is 4. The fourth-order valence-corrected chi connectivity index (χ4v) is 5.26. The normalized spacial score (nSPS) is 30.4. The molecule has 2 spiro atoms. The van der Waals surface area contributed by atoms with Crippen LogP contribution in [-0.2, 0) is 21.5 Å². The molecule has 1 heterocycles. The zero-order valence-electron chi connectivity index (χ0n) is 16.6. The van der Waals surface area contributed by atoms with Gasteiger partial charge >= 0.3 is 18.8 Å². The number of rotatable bonds is 4. The molecule has 0 radical (unpaired) electrons. The number of hydrogen-bond donors (Lipinski definition) is 1. The van der Waals surface area contributed by atoms with Gasteiger partial charge in [-0.2, -0.15) is 22.0 Å². The molecule has 2 fully saturated rings. The second-order valence-electron chi connectivity index (χ2n) is 8.32. The van der Waals surface area contributed by atoms with Crippen LogP contribution in [0.3, 0.4) is 0 Å². The van der Waals surface area contributed by atoms with Crippen LogP contribution in [0.1, 0.15) is 36.8 Å². The number of benzene rings is 1. The van der Waals surface area contributed by atoms with Gasteiger partial charge in [-0.3, -0.25) is 9.69 Å². The molecule has 1 unspecified atom stereocenters. The van der Waals surface area contributed by atoms with Crippen molar-refractivity contribution in [2.45, 2.75) is 56.5 Å². The van der Waals surface area contributed by atoms with Crippen LogP contribution in [0.2, 0.25) is 0 Å². The summed E-state index contributed by atoms with van der Waals surface area (Å²) in [5.41, 5.74) is -1.18. The number of alkyl halides is 5. The van der Waals surface area contributed by atoms with Gasteiger partial charge in [0.25, 0.3) is 5.91 Å². The molecule has 1 saturated heterocycles. The first-order valence-electron chi connectivity index (χ1n) is 9.84. The highest BCUT2D eigenvalue weighted by Gasteiger charge is 2.67. The van der Waals surface area contributed by atoms with E-state index in [2.05, 4.69) is 10.1 Å². The van der Waals surface area contributed by atoms with Gasteiger partial charge in [0.15, 0.2) is 12.1 Å². The molecule has 3 amide bonds. The third-order valence-corrected chi connectivity index (χ3v) is 6.62. The van der Waals surface area contributed by atoms with Crippen LogP contribution in [0.5, 0.6) is 5.75 Å². The van der Waals surface area contributed by atoms with Crippen molar-refractivity contribution >= 4 is 11.9 Å². The topological polar surface area (TPSA) is 67.9 Å². The molecule has 1 saturated carbocycles. The summed E-state index contributed by atoms with van der Waals surface area (Å²) in [7, 11) is 1.33. The Balaban J connectivity index is 1.71. The fraction of sp³-hybridized carbons (Fsp3) is 0.600. The van der Waals surface area contributed by atoms with E-state index < -0.39 is 48.4 Å². The smallest absolute Gasteiger partial charge is 0.422 e. The van der Waals surface area contributed by atoms with Crippen LogP contribution < -0.4 is 10.1 Å². The van der Waals surface area contributed by atoms with Crippen LogP contribution in [-0.4, -0.2) is 49.4 Å². The number of urea groups is 1. The van der Waals surface area contributed by atoms with Gasteiger partial charge in [0, 0.05) is 12.5 Å². The summed E-state index contributed by atoms with van der Waals surface area (Å²) in [5, 5.41) is 2.77. The van der Waals surface area contributed by atoms with E-state index in [9.17, 15) is 31.5 Å². The van der Waals surface area contributed by atoms with Gasteiger partial charge < -0.3 is 14.8 Å². The third-order valence-electron chi connectivity index (χ3n) is 6.62.